The molecule has 2 atom stereocenters. The van der Waals surface area contributed by atoms with Crippen molar-refractivity contribution in [3.05, 3.63) is 92.6 Å². The molecule has 1 aromatic heterocycles. The zero-order valence-electron chi connectivity index (χ0n) is 18.2. The average molecular weight is 512 g/mol. The molecule has 1 radical (unpaired) electrons. The Kier molecular flexibility index (Phi) is 8.04. The van der Waals surface area contributed by atoms with Crippen molar-refractivity contribution in [3.8, 4) is 0 Å². The molecule has 1 aliphatic carbocycles. The SMILES string of the molecule is C[C@@H](NC(=O)[C@H]([C-]1CC[CH-]CC1)n1c(=O)[nH]c2ccc(F)cc2c1=O)c1ccc(F)cc1F.[Mn+2]. The Morgan fingerprint density at radius 1 is 1.09 bits per heavy atom. The largest absolute Gasteiger partial charge is 2.00 e. The van der Waals surface area contributed by atoms with Crippen LogP contribution in [0.25, 0.3) is 10.9 Å². The van der Waals surface area contributed by atoms with Crippen molar-refractivity contribution >= 4 is 16.8 Å². The predicted molar refractivity (Wildman–Crippen MR) is 117 cm³/mol. The van der Waals surface area contributed by atoms with Crippen LogP contribution in [0.2, 0.25) is 0 Å². The van der Waals surface area contributed by atoms with Crippen molar-refractivity contribution in [3.63, 3.8) is 0 Å². The first kappa shape index (κ1) is 25.8. The second-order valence-electron chi connectivity index (χ2n) is 8.12. The molecule has 4 rings (SSSR count). The van der Waals surface area contributed by atoms with Crippen LogP contribution in [0, 0.1) is 29.8 Å². The van der Waals surface area contributed by atoms with Gasteiger partial charge in [-0.2, -0.15) is 0 Å². The topological polar surface area (TPSA) is 84.0 Å². The van der Waals surface area contributed by atoms with E-state index in [1.54, 1.807) is 0 Å². The Morgan fingerprint density at radius 3 is 2.41 bits per heavy atom. The van der Waals surface area contributed by atoms with E-state index in [0.717, 1.165) is 22.8 Å². The normalized spacial score (nSPS) is 16.0. The first-order valence-corrected chi connectivity index (χ1v) is 10.6. The summed E-state index contributed by atoms with van der Waals surface area (Å²) in [6.07, 6.45) is 4.39. The summed E-state index contributed by atoms with van der Waals surface area (Å²) in [7, 11) is 0. The number of aromatic nitrogens is 2. The minimum absolute atomic E-state index is 0. The quantitative estimate of drug-likeness (QED) is 0.402. The molecule has 179 valence electrons. The molecule has 0 bridgehead atoms. The van der Waals surface area contributed by atoms with E-state index < -0.39 is 46.7 Å². The molecule has 3 aromatic rings. The van der Waals surface area contributed by atoms with Crippen LogP contribution < -0.4 is 16.6 Å². The Balaban J connectivity index is 0.00000324. The monoisotopic (exact) mass is 512 g/mol. The number of hydrogen-bond donors (Lipinski definition) is 2. The summed E-state index contributed by atoms with van der Waals surface area (Å²) in [6.45, 7) is 1.52. The molecule has 6 nitrogen and oxygen atoms in total. The Bertz CT molecular complexity index is 1320. The van der Waals surface area contributed by atoms with Crippen molar-refractivity contribution in [2.75, 3.05) is 0 Å². The van der Waals surface area contributed by atoms with Crippen LogP contribution in [0.1, 0.15) is 50.3 Å². The first-order valence-electron chi connectivity index (χ1n) is 10.6. The second kappa shape index (κ2) is 10.6. The minimum atomic E-state index is -1.26. The number of rotatable bonds is 5. The number of carbonyl (C=O) groups excluding carboxylic acids is 1. The Hall–Kier alpha value is -2.84. The number of hydrogen-bond acceptors (Lipinski definition) is 3. The van der Waals surface area contributed by atoms with Gasteiger partial charge in [0, 0.05) is 17.7 Å². The third-order valence-corrected chi connectivity index (χ3v) is 5.91. The van der Waals surface area contributed by atoms with Gasteiger partial charge in [0.2, 0.25) is 5.91 Å². The average Bonchev–Trinajstić information content (AvgIpc) is 2.77. The molecule has 10 heteroatoms. The van der Waals surface area contributed by atoms with E-state index in [9.17, 15) is 27.6 Å². The number of aromatic amines is 1. The fourth-order valence-corrected chi connectivity index (χ4v) is 4.26. The number of fused-ring (bicyclic) bond motifs is 1. The summed E-state index contributed by atoms with van der Waals surface area (Å²) < 4.78 is 42.1. The fraction of sp³-hybridized carbons (Fsp3) is 0.292. The van der Waals surface area contributed by atoms with Crippen molar-refractivity contribution in [1.82, 2.24) is 14.9 Å². The van der Waals surface area contributed by atoms with Crippen molar-refractivity contribution in [1.29, 1.82) is 0 Å². The van der Waals surface area contributed by atoms with Crippen LogP contribution >= 0.6 is 0 Å². The van der Waals surface area contributed by atoms with Gasteiger partial charge in [-0.1, -0.05) is 6.07 Å². The van der Waals surface area contributed by atoms with Gasteiger partial charge in [0.15, 0.2) is 0 Å². The van der Waals surface area contributed by atoms with Crippen molar-refractivity contribution < 1.29 is 35.0 Å². The van der Waals surface area contributed by atoms with Crippen LogP contribution in [-0.4, -0.2) is 15.5 Å². The summed E-state index contributed by atoms with van der Waals surface area (Å²) in [4.78, 5) is 42.0. The molecule has 1 heterocycles. The van der Waals surface area contributed by atoms with Crippen LogP contribution in [0.3, 0.4) is 0 Å². The van der Waals surface area contributed by atoms with Gasteiger partial charge < -0.3 is 16.7 Å². The molecule has 0 spiro atoms. The number of benzene rings is 2. The van der Waals surface area contributed by atoms with Crippen molar-refractivity contribution in [2.45, 2.75) is 44.7 Å². The third kappa shape index (κ3) is 5.13. The molecular weight excluding hydrogens is 490 g/mol. The van der Waals surface area contributed by atoms with E-state index in [2.05, 4.69) is 16.7 Å². The van der Waals surface area contributed by atoms with E-state index in [4.69, 9.17) is 0 Å². The van der Waals surface area contributed by atoms with Crippen LogP contribution in [-0.2, 0) is 21.9 Å². The smallest absolute Gasteiger partial charge is 0.350 e. The summed E-state index contributed by atoms with van der Waals surface area (Å²) in [5.41, 5.74) is -1.38. The van der Waals surface area contributed by atoms with E-state index in [1.807, 2.05) is 0 Å². The van der Waals surface area contributed by atoms with Gasteiger partial charge in [0.05, 0.1) is 16.9 Å². The number of carbonyl (C=O) groups is 1. The molecule has 34 heavy (non-hydrogen) atoms. The Morgan fingerprint density at radius 2 is 1.74 bits per heavy atom. The number of H-pyrrole nitrogens is 1. The number of amides is 1. The van der Waals surface area contributed by atoms with Crippen molar-refractivity contribution in [2.24, 2.45) is 0 Å². The molecule has 1 saturated carbocycles. The molecule has 2 aromatic carbocycles. The molecule has 1 aliphatic rings. The van der Waals surface area contributed by atoms with E-state index in [1.165, 1.54) is 19.1 Å². The van der Waals surface area contributed by atoms with Gasteiger partial charge in [0.25, 0.3) is 5.56 Å². The molecular formula is C24H22F3MnN3O3. The number of nitrogens with one attached hydrogen (secondary N) is 2. The van der Waals surface area contributed by atoms with Gasteiger partial charge in [-0.05, 0) is 31.2 Å². The van der Waals surface area contributed by atoms with E-state index in [0.29, 0.717) is 37.7 Å². The number of halogens is 3. The molecule has 1 amide bonds. The molecule has 2 N–H and O–H groups in total. The van der Waals surface area contributed by atoms with Crippen LogP contribution in [0.5, 0.6) is 0 Å². The Labute approximate surface area is 204 Å². The summed E-state index contributed by atoms with van der Waals surface area (Å²) in [5.74, 6) is -2.23. The maximum atomic E-state index is 14.2. The molecule has 0 saturated heterocycles. The fourth-order valence-electron chi connectivity index (χ4n) is 4.26. The zero-order chi connectivity index (χ0) is 23.7. The maximum absolute atomic E-state index is 14.2. The summed E-state index contributed by atoms with van der Waals surface area (Å²) in [5, 5.41) is 2.59. The van der Waals surface area contributed by atoms with Gasteiger partial charge in [-0.15, -0.1) is 0 Å². The van der Waals surface area contributed by atoms with Crippen LogP contribution in [0.15, 0.2) is 46.0 Å². The standard InChI is InChI=1S/C24H22F3N3O3.Mn/c1-13(17-9-7-16(26)12-19(17)27)28-22(31)21(14-5-3-2-4-6-14)30-23(32)18-11-15(25)8-10-20(18)29-24(30)33;/h2,7-13,21H,3-6H2,1H3,(H,28,31)(H,29,33);/q-2;+2/t13-,21+;/m1./s1. The van der Waals surface area contributed by atoms with Gasteiger partial charge in [-0.3, -0.25) is 20.1 Å². The van der Waals surface area contributed by atoms with E-state index in [-0.39, 0.29) is 33.5 Å². The molecule has 0 unspecified atom stereocenters. The third-order valence-electron chi connectivity index (χ3n) is 5.91. The predicted octanol–water partition coefficient (Wildman–Crippen LogP) is 3.88. The molecule has 0 aliphatic heterocycles. The summed E-state index contributed by atoms with van der Waals surface area (Å²) >= 11 is 0. The van der Waals surface area contributed by atoms with Gasteiger partial charge >= 0.3 is 22.8 Å². The molecule has 1 fully saturated rings. The number of nitrogens with zero attached hydrogens (tertiary/aromatic N) is 1. The zero-order valence-corrected chi connectivity index (χ0v) is 19.4. The van der Waals surface area contributed by atoms with Crippen LogP contribution in [0.4, 0.5) is 13.2 Å². The summed E-state index contributed by atoms with van der Waals surface area (Å²) in [6, 6.07) is 4.33. The minimum Gasteiger partial charge on any atom is -0.350 e. The second-order valence-corrected chi connectivity index (χ2v) is 8.12. The van der Waals surface area contributed by atoms with Gasteiger partial charge in [-0.25, -0.2) is 43.6 Å². The van der Waals surface area contributed by atoms with E-state index >= 15 is 0 Å². The first-order chi connectivity index (χ1) is 15.8. The van der Waals surface area contributed by atoms with Gasteiger partial charge in [0.1, 0.15) is 17.5 Å². The maximum Gasteiger partial charge on any atom is 2.00 e.